The number of nitrogens with one attached hydrogen (secondary N) is 1. The van der Waals surface area contributed by atoms with E-state index in [9.17, 15) is 14.4 Å². The highest BCUT2D eigenvalue weighted by atomic mass is 16.6. The lowest BCUT2D eigenvalue weighted by Crippen LogP contribution is -2.38. The molecule has 0 aliphatic carbocycles. The number of hydrogen-bond acceptors (Lipinski definition) is 5. The van der Waals surface area contributed by atoms with E-state index < -0.39 is 30.6 Å². The second kappa shape index (κ2) is 7.55. The number of rotatable bonds is 5. The first-order valence-electron chi connectivity index (χ1n) is 8.20. The summed E-state index contributed by atoms with van der Waals surface area (Å²) < 4.78 is 10.5. The molecule has 1 N–H and O–H groups in total. The summed E-state index contributed by atoms with van der Waals surface area (Å²) in [6.45, 7) is 8.08. The molecule has 0 radical (unpaired) electrons. The summed E-state index contributed by atoms with van der Waals surface area (Å²) in [5.41, 5.74) is 1.19. The first-order chi connectivity index (χ1) is 11.7. The van der Waals surface area contributed by atoms with Gasteiger partial charge in [0.05, 0.1) is 0 Å². The van der Waals surface area contributed by atoms with Crippen molar-refractivity contribution in [2.45, 2.75) is 39.2 Å². The zero-order chi connectivity index (χ0) is 18.6. The van der Waals surface area contributed by atoms with Crippen molar-refractivity contribution in [3.63, 3.8) is 0 Å². The lowest BCUT2D eigenvalue weighted by Gasteiger charge is -2.20. The molecule has 0 bridgehead atoms. The predicted octanol–water partition coefficient (Wildman–Crippen LogP) is 1.85. The number of imide groups is 1. The van der Waals surface area contributed by atoms with Gasteiger partial charge in [-0.2, -0.15) is 0 Å². The molecule has 0 saturated carbocycles. The Kier molecular flexibility index (Phi) is 5.66. The van der Waals surface area contributed by atoms with Gasteiger partial charge in [0.25, 0.3) is 5.91 Å². The van der Waals surface area contributed by atoms with Crippen molar-refractivity contribution in [1.29, 1.82) is 0 Å². The van der Waals surface area contributed by atoms with E-state index in [-0.39, 0.29) is 12.0 Å². The van der Waals surface area contributed by atoms with E-state index in [1.165, 1.54) is 0 Å². The Morgan fingerprint density at radius 2 is 1.88 bits per heavy atom. The summed E-state index contributed by atoms with van der Waals surface area (Å²) in [6, 6.07) is 7.02. The van der Waals surface area contributed by atoms with Crippen molar-refractivity contribution < 1.29 is 23.9 Å². The van der Waals surface area contributed by atoms with Gasteiger partial charge in [0, 0.05) is 13.1 Å². The van der Waals surface area contributed by atoms with Gasteiger partial charge < -0.3 is 14.8 Å². The van der Waals surface area contributed by atoms with E-state index in [2.05, 4.69) is 26.1 Å². The molecule has 1 aliphatic rings. The highest BCUT2D eigenvalue weighted by Crippen LogP contribution is 2.24. The Bertz CT molecular complexity index is 648. The second-order valence-electron chi connectivity index (χ2n) is 6.92. The Labute approximate surface area is 147 Å². The van der Waals surface area contributed by atoms with Gasteiger partial charge in [-0.3, -0.25) is 9.69 Å². The van der Waals surface area contributed by atoms with Crippen LogP contribution >= 0.6 is 0 Å². The second-order valence-corrected chi connectivity index (χ2v) is 6.92. The molecular weight excluding hydrogens is 324 g/mol. The van der Waals surface area contributed by atoms with Crippen molar-refractivity contribution in [3.05, 3.63) is 29.8 Å². The molecule has 1 aliphatic heterocycles. The van der Waals surface area contributed by atoms with Crippen molar-refractivity contribution in [3.8, 4) is 5.75 Å². The average Bonchev–Trinajstić information content (AvgIpc) is 2.98. The standard InChI is InChI=1S/C18H24N2O5/c1-12(25-14-7-5-13(6-8-14)18(2,3)4)16(22)24-11-15(21)20-10-9-19-17(20)23/h5-8,12H,9-11H2,1-4H3,(H,19,23)/t12-/m1/s1. The molecular formula is C18H24N2O5. The van der Waals surface area contributed by atoms with Crippen LogP contribution < -0.4 is 10.1 Å². The molecule has 0 unspecified atom stereocenters. The van der Waals surface area contributed by atoms with Crippen LogP contribution in [0.5, 0.6) is 5.75 Å². The molecule has 1 atom stereocenters. The molecule has 1 aromatic carbocycles. The summed E-state index contributed by atoms with van der Waals surface area (Å²) >= 11 is 0. The largest absolute Gasteiger partial charge is 0.479 e. The maximum absolute atomic E-state index is 12.0. The smallest absolute Gasteiger partial charge is 0.347 e. The number of esters is 1. The number of ether oxygens (including phenoxy) is 2. The third-order valence-electron chi connectivity index (χ3n) is 3.86. The average molecular weight is 348 g/mol. The molecule has 136 valence electrons. The molecule has 1 fully saturated rings. The summed E-state index contributed by atoms with van der Waals surface area (Å²) in [6.07, 6.45) is -0.860. The van der Waals surface area contributed by atoms with E-state index in [1.807, 2.05) is 12.1 Å². The predicted molar refractivity (Wildman–Crippen MR) is 91.3 cm³/mol. The summed E-state index contributed by atoms with van der Waals surface area (Å²) in [5, 5.41) is 2.51. The summed E-state index contributed by atoms with van der Waals surface area (Å²) in [4.78, 5) is 36.2. The van der Waals surface area contributed by atoms with Crippen LogP contribution in [-0.4, -0.2) is 48.6 Å². The molecule has 0 aromatic heterocycles. The molecule has 7 heteroatoms. The number of urea groups is 1. The fourth-order valence-electron chi connectivity index (χ4n) is 2.32. The first kappa shape index (κ1) is 18.8. The fourth-order valence-corrected chi connectivity index (χ4v) is 2.32. The fraction of sp³-hybridized carbons (Fsp3) is 0.500. The molecule has 2 rings (SSSR count). The minimum Gasteiger partial charge on any atom is -0.479 e. The van der Waals surface area contributed by atoms with E-state index in [1.54, 1.807) is 19.1 Å². The minimum atomic E-state index is -0.860. The van der Waals surface area contributed by atoms with Crippen molar-refractivity contribution in [2.24, 2.45) is 0 Å². The summed E-state index contributed by atoms with van der Waals surface area (Å²) in [7, 11) is 0. The maximum Gasteiger partial charge on any atom is 0.347 e. The van der Waals surface area contributed by atoms with Gasteiger partial charge in [-0.1, -0.05) is 32.9 Å². The third kappa shape index (κ3) is 4.95. The number of carbonyl (C=O) groups excluding carboxylic acids is 3. The molecule has 3 amide bonds. The van der Waals surface area contributed by atoms with E-state index in [0.29, 0.717) is 12.3 Å². The lowest BCUT2D eigenvalue weighted by atomic mass is 9.87. The van der Waals surface area contributed by atoms with Crippen molar-refractivity contribution >= 4 is 17.9 Å². The van der Waals surface area contributed by atoms with Gasteiger partial charge in [-0.05, 0) is 30.0 Å². The van der Waals surface area contributed by atoms with Crippen LogP contribution in [0, 0.1) is 0 Å². The van der Waals surface area contributed by atoms with E-state index in [4.69, 9.17) is 9.47 Å². The molecule has 0 spiro atoms. The first-order valence-corrected chi connectivity index (χ1v) is 8.20. The van der Waals surface area contributed by atoms with Crippen molar-refractivity contribution in [2.75, 3.05) is 19.7 Å². The van der Waals surface area contributed by atoms with E-state index >= 15 is 0 Å². The Morgan fingerprint density at radius 1 is 1.24 bits per heavy atom. The highest BCUT2D eigenvalue weighted by Gasteiger charge is 2.27. The maximum atomic E-state index is 12.0. The third-order valence-corrected chi connectivity index (χ3v) is 3.86. The number of amides is 3. The number of benzene rings is 1. The zero-order valence-corrected chi connectivity index (χ0v) is 15.0. The number of nitrogens with zero attached hydrogens (tertiary/aromatic N) is 1. The number of carbonyl (C=O) groups is 3. The van der Waals surface area contributed by atoms with Crippen LogP contribution in [0.3, 0.4) is 0 Å². The molecule has 1 saturated heterocycles. The number of hydrogen-bond donors (Lipinski definition) is 1. The normalized spacial score (nSPS) is 15.5. The Balaban J connectivity index is 1.83. The van der Waals surface area contributed by atoms with Gasteiger partial charge >= 0.3 is 12.0 Å². The van der Waals surface area contributed by atoms with Crippen LogP contribution in [0.2, 0.25) is 0 Å². The van der Waals surface area contributed by atoms with Crippen LogP contribution in [0.25, 0.3) is 0 Å². The van der Waals surface area contributed by atoms with Gasteiger partial charge in [0.1, 0.15) is 5.75 Å². The van der Waals surface area contributed by atoms with Crippen molar-refractivity contribution in [1.82, 2.24) is 10.2 Å². The topological polar surface area (TPSA) is 84.9 Å². The molecule has 25 heavy (non-hydrogen) atoms. The SMILES string of the molecule is C[C@@H](Oc1ccc(C(C)(C)C)cc1)C(=O)OCC(=O)N1CCNC1=O. The Hall–Kier alpha value is -2.57. The van der Waals surface area contributed by atoms with Crippen LogP contribution in [0.15, 0.2) is 24.3 Å². The highest BCUT2D eigenvalue weighted by molar-refractivity contribution is 5.97. The van der Waals surface area contributed by atoms with Gasteiger partial charge in [-0.25, -0.2) is 9.59 Å². The molecule has 1 heterocycles. The monoisotopic (exact) mass is 348 g/mol. The van der Waals surface area contributed by atoms with Gasteiger partial charge in [0.15, 0.2) is 12.7 Å². The molecule has 1 aromatic rings. The van der Waals surface area contributed by atoms with Gasteiger partial charge in [-0.15, -0.1) is 0 Å². The van der Waals surface area contributed by atoms with Crippen LogP contribution in [0.1, 0.15) is 33.3 Å². The van der Waals surface area contributed by atoms with E-state index in [0.717, 1.165) is 10.5 Å². The lowest BCUT2D eigenvalue weighted by molar-refractivity contribution is -0.156. The minimum absolute atomic E-state index is 0.0330. The van der Waals surface area contributed by atoms with Crippen LogP contribution in [0.4, 0.5) is 4.79 Å². The zero-order valence-electron chi connectivity index (χ0n) is 15.0. The van der Waals surface area contributed by atoms with Gasteiger partial charge in [0.2, 0.25) is 0 Å². The van der Waals surface area contributed by atoms with Crippen LogP contribution in [-0.2, 0) is 19.7 Å². The molecule has 7 nitrogen and oxygen atoms in total. The quantitative estimate of drug-likeness (QED) is 0.821. The Morgan fingerprint density at radius 3 is 2.40 bits per heavy atom. The summed E-state index contributed by atoms with van der Waals surface area (Å²) in [5.74, 6) is -0.666.